The molecule has 3 nitrogen and oxygen atoms in total. The molecule has 0 spiro atoms. The summed E-state index contributed by atoms with van der Waals surface area (Å²) in [5, 5.41) is 0. The van der Waals surface area contributed by atoms with Crippen molar-refractivity contribution >= 4 is 9.84 Å². The van der Waals surface area contributed by atoms with Crippen LogP contribution in [0.2, 0.25) is 0 Å². The maximum Gasteiger partial charge on any atom is 0.184 e. The van der Waals surface area contributed by atoms with E-state index in [1.807, 2.05) is 6.92 Å². The summed E-state index contributed by atoms with van der Waals surface area (Å²) >= 11 is 0. The van der Waals surface area contributed by atoms with E-state index in [0.717, 1.165) is 11.6 Å². The maximum atomic E-state index is 13.1. The molecule has 0 amide bonds. The van der Waals surface area contributed by atoms with Gasteiger partial charge in [-0.3, -0.25) is 0 Å². The normalized spacial score (nSPS) is 12.8. The summed E-state index contributed by atoms with van der Waals surface area (Å²) in [6, 6.07) is 6.30. The van der Waals surface area contributed by atoms with Crippen LogP contribution in [0.3, 0.4) is 0 Å². The number of hydrogen-bond donors (Lipinski definition) is 1. The van der Waals surface area contributed by atoms with E-state index in [9.17, 15) is 12.8 Å². The van der Waals surface area contributed by atoms with Crippen LogP contribution in [-0.2, 0) is 9.84 Å². The number of aryl methyl sites for hydroxylation is 1. The minimum atomic E-state index is -3.60. The summed E-state index contributed by atoms with van der Waals surface area (Å²) in [7, 11) is -3.60. The number of benzene rings is 1. The quantitative estimate of drug-likeness (QED) is 0.873. The predicted octanol–water partition coefficient (Wildman–Crippen LogP) is 1.58. The average molecular weight is 243 g/mol. The van der Waals surface area contributed by atoms with E-state index in [1.165, 1.54) is 12.1 Å². The molecule has 0 saturated heterocycles. The topological polar surface area (TPSA) is 60.2 Å². The van der Waals surface area contributed by atoms with Gasteiger partial charge in [0.1, 0.15) is 11.6 Å². The Labute approximate surface area is 94.7 Å². The van der Waals surface area contributed by atoms with Crippen molar-refractivity contribution in [2.24, 2.45) is 5.73 Å². The first-order valence-electron chi connectivity index (χ1n) is 4.80. The summed E-state index contributed by atoms with van der Waals surface area (Å²) in [5.41, 5.74) is 6.05. The van der Waals surface area contributed by atoms with Gasteiger partial charge in [-0.05, 0) is 25.1 Å². The Kier molecular flexibility index (Phi) is 4.20. The SMILES string of the molecule is Cc1ccc(S(=O)(=O)C/C(F)=C/CN)cc1. The summed E-state index contributed by atoms with van der Waals surface area (Å²) in [6.07, 6.45) is 1.06. The highest BCUT2D eigenvalue weighted by Crippen LogP contribution is 2.15. The Morgan fingerprint density at radius 2 is 1.94 bits per heavy atom. The van der Waals surface area contributed by atoms with Crippen molar-refractivity contribution in [1.29, 1.82) is 0 Å². The van der Waals surface area contributed by atoms with E-state index >= 15 is 0 Å². The molecule has 1 aromatic carbocycles. The molecular weight excluding hydrogens is 229 g/mol. The second-order valence-corrected chi connectivity index (χ2v) is 5.45. The lowest BCUT2D eigenvalue weighted by Gasteiger charge is -2.03. The van der Waals surface area contributed by atoms with Crippen LogP contribution in [0, 0.1) is 6.92 Å². The summed E-state index contributed by atoms with van der Waals surface area (Å²) in [5.74, 6) is -1.35. The Morgan fingerprint density at radius 1 is 1.38 bits per heavy atom. The van der Waals surface area contributed by atoms with Crippen LogP contribution in [0.25, 0.3) is 0 Å². The first kappa shape index (κ1) is 12.9. The molecule has 5 heteroatoms. The molecule has 88 valence electrons. The first-order chi connectivity index (χ1) is 7.45. The van der Waals surface area contributed by atoms with Crippen LogP contribution in [-0.4, -0.2) is 20.7 Å². The number of nitrogens with two attached hydrogens (primary N) is 1. The third-order valence-corrected chi connectivity index (χ3v) is 3.69. The lowest BCUT2D eigenvalue weighted by Crippen LogP contribution is -2.08. The van der Waals surface area contributed by atoms with Crippen molar-refractivity contribution < 1.29 is 12.8 Å². The van der Waals surface area contributed by atoms with Crippen LogP contribution in [0.4, 0.5) is 4.39 Å². The zero-order valence-corrected chi connectivity index (χ0v) is 9.80. The van der Waals surface area contributed by atoms with E-state index in [-0.39, 0.29) is 11.4 Å². The summed E-state index contributed by atoms with van der Waals surface area (Å²) in [4.78, 5) is 0.124. The van der Waals surface area contributed by atoms with Gasteiger partial charge in [0.25, 0.3) is 0 Å². The van der Waals surface area contributed by atoms with Gasteiger partial charge in [-0.15, -0.1) is 0 Å². The van der Waals surface area contributed by atoms with Gasteiger partial charge in [0, 0.05) is 6.54 Å². The third-order valence-electron chi connectivity index (χ3n) is 2.05. The molecule has 16 heavy (non-hydrogen) atoms. The van der Waals surface area contributed by atoms with Gasteiger partial charge in [-0.2, -0.15) is 0 Å². The fourth-order valence-electron chi connectivity index (χ4n) is 1.20. The van der Waals surface area contributed by atoms with E-state index in [0.29, 0.717) is 0 Å². The Balaban J connectivity index is 2.95. The Morgan fingerprint density at radius 3 is 2.44 bits per heavy atom. The number of halogens is 1. The lowest BCUT2D eigenvalue weighted by molar-refractivity contribution is 0.583. The number of rotatable bonds is 4. The molecular formula is C11H14FNO2S. The second-order valence-electron chi connectivity index (χ2n) is 3.46. The molecule has 1 rings (SSSR count). The van der Waals surface area contributed by atoms with Gasteiger partial charge in [-0.1, -0.05) is 17.7 Å². The van der Waals surface area contributed by atoms with Crippen LogP contribution < -0.4 is 5.73 Å². The largest absolute Gasteiger partial charge is 0.327 e. The average Bonchev–Trinajstić information content (AvgIpc) is 2.17. The van der Waals surface area contributed by atoms with Crippen LogP contribution >= 0.6 is 0 Å². The zero-order chi connectivity index (χ0) is 12.2. The molecule has 0 fully saturated rings. The molecule has 0 aromatic heterocycles. The van der Waals surface area contributed by atoms with E-state index in [1.54, 1.807) is 12.1 Å². The van der Waals surface area contributed by atoms with E-state index in [4.69, 9.17) is 5.73 Å². The molecule has 1 aromatic rings. The molecule has 0 unspecified atom stereocenters. The molecule has 0 aliphatic heterocycles. The van der Waals surface area contributed by atoms with Crippen LogP contribution in [0.15, 0.2) is 41.1 Å². The van der Waals surface area contributed by atoms with Gasteiger partial charge in [0.2, 0.25) is 0 Å². The fourth-order valence-corrected chi connectivity index (χ4v) is 2.40. The molecule has 0 bridgehead atoms. The fraction of sp³-hybridized carbons (Fsp3) is 0.273. The molecule has 0 aliphatic rings. The smallest absolute Gasteiger partial charge is 0.184 e. The van der Waals surface area contributed by atoms with Crippen molar-refractivity contribution in [2.75, 3.05) is 12.3 Å². The summed E-state index contributed by atoms with van der Waals surface area (Å²) in [6.45, 7) is 1.85. The Bertz CT molecular complexity index is 477. The minimum absolute atomic E-state index is 0.00471. The first-order valence-corrected chi connectivity index (χ1v) is 6.45. The van der Waals surface area contributed by atoms with Crippen LogP contribution in [0.5, 0.6) is 0 Å². The molecule has 0 heterocycles. The molecule has 0 radical (unpaired) electrons. The van der Waals surface area contributed by atoms with Gasteiger partial charge >= 0.3 is 0 Å². The van der Waals surface area contributed by atoms with Crippen molar-refractivity contribution in [3.05, 3.63) is 41.7 Å². The highest BCUT2D eigenvalue weighted by Gasteiger charge is 2.16. The van der Waals surface area contributed by atoms with Crippen molar-refractivity contribution in [2.45, 2.75) is 11.8 Å². The lowest BCUT2D eigenvalue weighted by atomic mass is 10.2. The third kappa shape index (κ3) is 3.43. The molecule has 0 saturated carbocycles. The highest BCUT2D eigenvalue weighted by atomic mass is 32.2. The molecule has 0 atom stereocenters. The van der Waals surface area contributed by atoms with E-state index < -0.39 is 21.4 Å². The second kappa shape index (κ2) is 5.23. The number of hydrogen-bond acceptors (Lipinski definition) is 3. The minimum Gasteiger partial charge on any atom is -0.327 e. The van der Waals surface area contributed by atoms with Gasteiger partial charge in [0.05, 0.1) is 4.90 Å². The summed E-state index contributed by atoms with van der Waals surface area (Å²) < 4.78 is 36.5. The van der Waals surface area contributed by atoms with Gasteiger partial charge < -0.3 is 5.73 Å². The predicted molar refractivity (Wildman–Crippen MR) is 61.5 cm³/mol. The monoisotopic (exact) mass is 243 g/mol. The van der Waals surface area contributed by atoms with E-state index in [2.05, 4.69) is 0 Å². The van der Waals surface area contributed by atoms with Gasteiger partial charge in [0.15, 0.2) is 9.84 Å². The molecule has 0 aliphatic carbocycles. The number of sulfone groups is 1. The maximum absolute atomic E-state index is 13.1. The Hall–Kier alpha value is -1.20. The zero-order valence-electron chi connectivity index (χ0n) is 8.98. The van der Waals surface area contributed by atoms with Crippen LogP contribution in [0.1, 0.15) is 5.56 Å². The van der Waals surface area contributed by atoms with Gasteiger partial charge in [-0.25, -0.2) is 12.8 Å². The standard InChI is InChI=1S/C11H14FNO2S/c1-9-2-4-11(5-3-9)16(14,15)8-10(12)6-7-13/h2-6H,7-8,13H2,1H3/b10-6-. The van der Waals surface area contributed by atoms with Crippen molar-refractivity contribution in [3.8, 4) is 0 Å². The van der Waals surface area contributed by atoms with Crippen molar-refractivity contribution in [3.63, 3.8) is 0 Å². The molecule has 2 N–H and O–H groups in total. The highest BCUT2D eigenvalue weighted by molar-refractivity contribution is 7.91. The van der Waals surface area contributed by atoms with Crippen molar-refractivity contribution in [1.82, 2.24) is 0 Å².